The van der Waals surface area contributed by atoms with Crippen LogP contribution in [-0.4, -0.2) is 24.9 Å². The second-order valence-electron chi connectivity index (χ2n) is 11.8. The summed E-state index contributed by atoms with van der Waals surface area (Å²) in [5.74, 6) is 1.87. The molecule has 0 radical (unpaired) electrons. The van der Waals surface area contributed by atoms with Crippen LogP contribution < -0.4 is 0 Å². The SMILES string of the molecule is c1ccc(-c2nc(-c3ccccc3)nc(-c3cccc(-c4c(-c5cccnc5-c5ccc6ncoc6c5)ccc5ccccc45)c3)n2)cc1. The lowest BCUT2D eigenvalue weighted by Gasteiger charge is -2.17. The molecule has 3 aromatic heterocycles. The van der Waals surface area contributed by atoms with Gasteiger partial charge in [0.05, 0.1) is 5.69 Å². The van der Waals surface area contributed by atoms with E-state index in [1.165, 1.54) is 6.39 Å². The average molecular weight is 630 g/mol. The van der Waals surface area contributed by atoms with E-state index in [1.807, 2.05) is 91.1 Å². The van der Waals surface area contributed by atoms with Crippen LogP contribution in [0, 0.1) is 0 Å². The van der Waals surface area contributed by atoms with Crippen LogP contribution in [0.25, 0.3) is 89.5 Å². The number of nitrogens with zero attached hydrogens (tertiary/aromatic N) is 5. The summed E-state index contributed by atoms with van der Waals surface area (Å²) >= 11 is 0. The van der Waals surface area contributed by atoms with Crippen molar-refractivity contribution in [3.63, 3.8) is 0 Å². The van der Waals surface area contributed by atoms with E-state index < -0.39 is 0 Å². The Morgan fingerprint density at radius 3 is 1.88 bits per heavy atom. The van der Waals surface area contributed by atoms with Gasteiger partial charge in [-0.15, -0.1) is 0 Å². The molecule has 6 heteroatoms. The van der Waals surface area contributed by atoms with E-state index in [9.17, 15) is 0 Å². The molecular formula is C43H27N5O. The van der Waals surface area contributed by atoms with Crippen molar-refractivity contribution >= 4 is 21.9 Å². The van der Waals surface area contributed by atoms with Crippen molar-refractivity contribution in [3.05, 3.63) is 164 Å². The Labute approximate surface area is 282 Å². The van der Waals surface area contributed by atoms with Crippen LogP contribution >= 0.6 is 0 Å². The van der Waals surface area contributed by atoms with Crippen LogP contribution in [0.5, 0.6) is 0 Å². The summed E-state index contributed by atoms with van der Waals surface area (Å²) < 4.78 is 5.65. The predicted octanol–water partition coefficient (Wildman–Crippen LogP) is 10.6. The number of hydrogen-bond donors (Lipinski definition) is 0. The fourth-order valence-electron chi connectivity index (χ4n) is 6.41. The molecule has 0 aliphatic carbocycles. The Balaban J connectivity index is 1.24. The maximum Gasteiger partial charge on any atom is 0.181 e. The zero-order valence-electron chi connectivity index (χ0n) is 26.2. The number of pyridine rings is 1. The van der Waals surface area contributed by atoms with Gasteiger partial charge in [0.2, 0.25) is 0 Å². The number of aromatic nitrogens is 5. The molecule has 0 saturated heterocycles. The first-order valence-corrected chi connectivity index (χ1v) is 16.1. The molecule has 0 amide bonds. The first kappa shape index (κ1) is 28.4. The van der Waals surface area contributed by atoms with Gasteiger partial charge in [-0.2, -0.15) is 0 Å². The summed E-state index contributed by atoms with van der Waals surface area (Å²) in [5, 5.41) is 2.29. The lowest BCUT2D eigenvalue weighted by molar-refractivity contribution is 0.602. The summed E-state index contributed by atoms with van der Waals surface area (Å²) in [7, 11) is 0. The smallest absolute Gasteiger partial charge is 0.181 e. The Morgan fingerprint density at radius 2 is 1.10 bits per heavy atom. The van der Waals surface area contributed by atoms with Crippen molar-refractivity contribution in [2.75, 3.05) is 0 Å². The molecule has 9 rings (SSSR count). The largest absolute Gasteiger partial charge is 0.443 e. The molecule has 6 aromatic carbocycles. The highest BCUT2D eigenvalue weighted by atomic mass is 16.3. The maximum atomic E-state index is 5.65. The van der Waals surface area contributed by atoms with E-state index in [2.05, 4.69) is 71.7 Å². The number of benzene rings is 6. The van der Waals surface area contributed by atoms with Gasteiger partial charge in [-0.3, -0.25) is 4.98 Å². The van der Waals surface area contributed by atoms with Crippen LogP contribution in [0.15, 0.2) is 169 Å². The van der Waals surface area contributed by atoms with Gasteiger partial charge < -0.3 is 4.42 Å². The molecule has 0 spiro atoms. The van der Waals surface area contributed by atoms with Crippen molar-refractivity contribution in [2.24, 2.45) is 0 Å². The molecule has 6 nitrogen and oxygen atoms in total. The third-order valence-electron chi connectivity index (χ3n) is 8.74. The molecule has 230 valence electrons. The van der Waals surface area contributed by atoms with Crippen molar-refractivity contribution < 1.29 is 4.42 Å². The second-order valence-corrected chi connectivity index (χ2v) is 11.8. The molecule has 49 heavy (non-hydrogen) atoms. The topological polar surface area (TPSA) is 77.6 Å². The van der Waals surface area contributed by atoms with E-state index in [0.29, 0.717) is 17.5 Å². The Bertz CT molecular complexity index is 2560. The zero-order chi connectivity index (χ0) is 32.6. The van der Waals surface area contributed by atoms with Crippen molar-refractivity contribution in [3.8, 4) is 67.7 Å². The van der Waals surface area contributed by atoms with Gasteiger partial charge in [0, 0.05) is 34.0 Å². The average Bonchev–Trinajstić information content (AvgIpc) is 3.66. The number of hydrogen-bond acceptors (Lipinski definition) is 6. The predicted molar refractivity (Wildman–Crippen MR) is 195 cm³/mol. The minimum atomic E-state index is 0.610. The summed E-state index contributed by atoms with van der Waals surface area (Å²) in [6.07, 6.45) is 3.31. The van der Waals surface area contributed by atoms with Gasteiger partial charge in [-0.05, 0) is 51.7 Å². The van der Waals surface area contributed by atoms with Crippen LogP contribution in [-0.2, 0) is 0 Å². The van der Waals surface area contributed by atoms with E-state index in [4.69, 9.17) is 24.4 Å². The molecule has 0 bridgehead atoms. The van der Waals surface area contributed by atoms with E-state index >= 15 is 0 Å². The van der Waals surface area contributed by atoms with Gasteiger partial charge >= 0.3 is 0 Å². The molecule has 0 aliphatic heterocycles. The third kappa shape index (κ3) is 5.31. The highest BCUT2D eigenvalue weighted by Crippen LogP contribution is 2.42. The quantitative estimate of drug-likeness (QED) is 0.182. The Kier molecular flexibility index (Phi) is 7.02. The monoisotopic (exact) mass is 629 g/mol. The number of rotatable bonds is 6. The van der Waals surface area contributed by atoms with Crippen molar-refractivity contribution in [1.82, 2.24) is 24.9 Å². The third-order valence-corrected chi connectivity index (χ3v) is 8.74. The first-order valence-electron chi connectivity index (χ1n) is 16.1. The van der Waals surface area contributed by atoms with Crippen molar-refractivity contribution in [1.29, 1.82) is 0 Å². The van der Waals surface area contributed by atoms with Gasteiger partial charge in [-0.1, -0.05) is 127 Å². The fourth-order valence-corrected chi connectivity index (χ4v) is 6.41. The lowest BCUT2D eigenvalue weighted by atomic mass is 9.87. The van der Waals surface area contributed by atoms with Crippen LogP contribution in [0.3, 0.4) is 0 Å². The van der Waals surface area contributed by atoms with Crippen LogP contribution in [0.2, 0.25) is 0 Å². The zero-order valence-corrected chi connectivity index (χ0v) is 26.2. The molecule has 0 unspecified atom stereocenters. The molecule has 0 N–H and O–H groups in total. The summed E-state index contributed by atoms with van der Waals surface area (Å²) in [4.78, 5) is 24.1. The van der Waals surface area contributed by atoms with E-state index in [0.717, 1.165) is 72.1 Å². The van der Waals surface area contributed by atoms with E-state index in [1.54, 1.807) is 0 Å². The molecule has 3 heterocycles. The van der Waals surface area contributed by atoms with E-state index in [-0.39, 0.29) is 0 Å². The Hall–Kier alpha value is -6.79. The minimum Gasteiger partial charge on any atom is -0.443 e. The minimum absolute atomic E-state index is 0.610. The first-order chi connectivity index (χ1) is 24.3. The highest BCUT2D eigenvalue weighted by Gasteiger charge is 2.19. The van der Waals surface area contributed by atoms with Crippen molar-refractivity contribution in [2.45, 2.75) is 0 Å². The number of oxazole rings is 1. The molecule has 0 atom stereocenters. The standard InChI is InChI=1S/C43H27N5O/c1-3-12-29(13-4-1)41-46-42(30-14-5-2-6-15-30)48-43(47-41)33-17-9-16-31(25-33)39-34-18-8-7-11-28(34)20-22-35(39)36-19-10-24-44-40(36)32-21-23-37-38(26-32)49-27-45-37/h1-27H. The number of fused-ring (bicyclic) bond motifs is 2. The lowest BCUT2D eigenvalue weighted by Crippen LogP contribution is -2.00. The molecule has 0 fully saturated rings. The summed E-state index contributed by atoms with van der Waals surface area (Å²) in [6.45, 7) is 0. The summed E-state index contributed by atoms with van der Waals surface area (Å²) in [6, 6.07) is 51.6. The summed E-state index contributed by atoms with van der Waals surface area (Å²) in [5.41, 5.74) is 10.4. The second kappa shape index (κ2) is 12.1. The molecule has 0 saturated carbocycles. The normalized spacial score (nSPS) is 11.3. The molecular weight excluding hydrogens is 603 g/mol. The van der Waals surface area contributed by atoms with Gasteiger partial charge in [0.15, 0.2) is 29.4 Å². The van der Waals surface area contributed by atoms with Crippen LogP contribution in [0.4, 0.5) is 0 Å². The molecule has 0 aliphatic rings. The van der Waals surface area contributed by atoms with Gasteiger partial charge in [0.25, 0.3) is 0 Å². The van der Waals surface area contributed by atoms with Crippen LogP contribution in [0.1, 0.15) is 0 Å². The molecule has 9 aromatic rings. The maximum absolute atomic E-state index is 5.65. The highest BCUT2D eigenvalue weighted by molar-refractivity contribution is 6.06. The fraction of sp³-hybridized carbons (Fsp3) is 0. The Morgan fingerprint density at radius 1 is 0.429 bits per heavy atom. The van der Waals surface area contributed by atoms with Gasteiger partial charge in [0.1, 0.15) is 5.52 Å². The van der Waals surface area contributed by atoms with Gasteiger partial charge in [-0.25, -0.2) is 19.9 Å².